The summed E-state index contributed by atoms with van der Waals surface area (Å²) in [5, 5.41) is 11.2. The maximum Gasteiger partial charge on any atom is 0.289 e. The molecule has 58 heavy (non-hydrogen) atoms. The summed E-state index contributed by atoms with van der Waals surface area (Å²) in [4.78, 5) is 90.9. The average molecular weight is 816 g/mol. The van der Waals surface area contributed by atoms with Gasteiger partial charge in [0.15, 0.2) is 0 Å². The second-order valence-electron chi connectivity index (χ2n) is 15.7. The number of carbonyl (C=O) groups excluding carboxylic acids is 5. The second kappa shape index (κ2) is 28.4. The molecule has 1 saturated heterocycles. The topological polar surface area (TPSA) is 177 Å². The first-order valence-electron chi connectivity index (χ1n) is 22.0. The highest BCUT2D eigenvalue weighted by Gasteiger charge is 2.41. The normalized spacial score (nSPS) is 18.3. The third kappa shape index (κ3) is 15.3. The van der Waals surface area contributed by atoms with Crippen molar-refractivity contribution in [3.8, 4) is 0 Å². The number of Topliss-reactive ketones (excluding diaryl/α,β-unsaturated/α-hetero) is 1. The number of amides is 4. The molecule has 14 heteroatoms. The minimum absolute atomic E-state index is 0.0636. The number of likely N-dealkylation sites (N-methyl/N-ethyl adjacent to an activating group) is 2. The number of hydrogen-bond donors (Lipinski definition) is 4. The fourth-order valence-electron chi connectivity index (χ4n) is 8.20. The van der Waals surface area contributed by atoms with Crippen molar-refractivity contribution in [1.82, 2.24) is 26.2 Å². The molecule has 4 unspecified atom stereocenters. The third-order valence-corrected chi connectivity index (χ3v) is 11.1. The summed E-state index contributed by atoms with van der Waals surface area (Å²) in [6, 6.07) is -1.93. The van der Waals surface area contributed by atoms with Gasteiger partial charge in [0.2, 0.25) is 24.0 Å². The molecule has 1 aromatic carbocycles. The number of anilines is 2. The molecule has 3 aliphatic rings. The van der Waals surface area contributed by atoms with Crippen molar-refractivity contribution in [3.63, 3.8) is 0 Å². The summed E-state index contributed by atoms with van der Waals surface area (Å²) in [6.07, 6.45) is 16.7. The largest absolute Gasteiger partial charge is 0.373 e. The Kier molecular flexibility index (Phi) is 25.4. The van der Waals surface area contributed by atoms with Crippen LogP contribution in [0.25, 0.3) is 0 Å². The highest BCUT2D eigenvalue weighted by molar-refractivity contribution is 6.38. The van der Waals surface area contributed by atoms with Gasteiger partial charge in [-0.1, -0.05) is 92.1 Å². The first-order valence-corrected chi connectivity index (χ1v) is 22.0. The van der Waals surface area contributed by atoms with Crippen LogP contribution in [0, 0.1) is 11.8 Å². The van der Waals surface area contributed by atoms with Crippen LogP contribution in [0.15, 0.2) is 22.2 Å². The number of carbonyl (C=O) groups is 5. The molecule has 0 radical (unpaired) electrons. The smallest absolute Gasteiger partial charge is 0.289 e. The van der Waals surface area contributed by atoms with Gasteiger partial charge < -0.3 is 36.0 Å². The van der Waals surface area contributed by atoms with E-state index in [9.17, 15) is 33.6 Å². The van der Waals surface area contributed by atoms with Gasteiger partial charge in [-0.3, -0.25) is 33.6 Å². The Hall–Kier alpha value is -4.07. The van der Waals surface area contributed by atoms with Gasteiger partial charge in [-0.2, -0.15) is 0 Å². The molecular weight excluding hydrogens is 739 g/mol. The summed E-state index contributed by atoms with van der Waals surface area (Å²) in [5.74, 6) is -1.43. The first kappa shape index (κ1) is 51.9. The molecule has 1 aliphatic heterocycles. The standard InChI is InChI=1S/C23H36N4O5.C16H27N3O2.C3H8.C2H6/c1-3-9-17(20(29)22(31)24-13-4-2)26-21(30)18-12-8-14-27(18)23(32)19(25-15-28)16-10-6-5-7-11-16;1-17-12(11-8-6-5-7-9-11)10-19(4)14-13(18(2)3)15(20)16(14)21;1-3-2;1-2/h4,15-19H,2-3,5-14H2,1H3,(H,24,31)(H,25,28)(H,26,30);11-12,17H,5-10H2,1-4H3;3H2,1-2H3;1-2H3. The van der Waals surface area contributed by atoms with E-state index in [0.717, 1.165) is 38.6 Å². The zero-order valence-corrected chi connectivity index (χ0v) is 37.3. The van der Waals surface area contributed by atoms with E-state index in [-0.39, 0.29) is 29.2 Å². The molecular formula is C44H77N7O7. The zero-order valence-electron chi connectivity index (χ0n) is 37.3. The van der Waals surface area contributed by atoms with Crippen LogP contribution in [0.4, 0.5) is 11.4 Å². The molecule has 4 N–H and O–H groups in total. The van der Waals surface area contributed by atoms with Crippen LogP contribution in [-0.4, -0.2) is 107 Å². The van der Waals surface area contributed by atoms with Crippen molar-refractivity contribution < 1.29 is 24.0 Å². The van der Waals surface area contributed by atoms with Gasteiger partial charge in [0.1, 0.15) is 23.5 Å². The maximum atomic E-state index is 13.3. The Labute approximate surface area is 348 Å². The van der Waals surface area contributed by atoms with Crippen molar-refractivity contribution in [2.75, 3.05) is 57.6 Å². The van der Waals surface area contributed by atoms with E-state index in [4.69, 9.17) is 0 Å². The Bertz CT molecular complexity index is 1480. The van der Waals surface area contributed by atoms with E-state index < -0.39 is 35.7 Å². The molecule has 0 bridgehead atoms. The Morgan fingerprint density at radius 3 is 1.90 bits per heavy atom. The minimum Gasteiger partial charge on any atom is -0.373 e. The molecule has 2 aliphatic carbocycles. The van der Waals surface area contributed by atoms with Crippen molar-refractivity contribution in [2.45, 2.75) is 155 Å². The molecule has 330 valence electrons. The van der Waals surface area contributed by atoms with Crippen LogP contribution in [0.2, 0.25) is 0 Å². The number of nitrogens with one attached hydrogen (secondary N) is 4. The van der Waals surface area contributed by atoms with E-state index in [1.165, 1.54) is 49.5 Å². The molecule has 3 fully saturated rings. The lowest BCUT2D eigenvalue weighted by atomic mass is 9.83. The Morgan fingerprint density at radius 2 is 1.40 bits per heavy atom. The van der Waals surface area contributed by atoms with Gasteiger partial charge in [-0.25, -0.2) is 0 Å². The summed E-state index contributed by atoms with van der Waals surface area (Å²) in [5.41, 5.74) is 0.405. The Morgan fingerprint density at radius 1 is 0.845 bits per heavy atom. The maximum absolute atomic E-state index is 13.3. The minimum atomic E-state index is -0.947. The lowest BCUT2D eigenvalue weighted by molar-refractivity contribution is -0.144. The quantitative estimate of drug-likeness (QED) is 0.0954. The van der Waals surface area contributed by atoms with E-state index in [0.29, 0.717) is 62.0 Å². The molecule has 4 rings (SSSR count). The van der Waals surface area contributed by atoms with E-state index >= 15 is 0 Å². The number of rotatable bonds is 18. The fraction of sp³-hybridized carbons (Fsp3) is 0.750. The van der Waals surface area contributed by atoms with Crippen LogP contribution >= 0.6 is 0 Å². The van der Waals surface area contributed by atoms with Crippen molar-refractivity contribution >= 4 is 41.3 Å². The van der Waals surface area contributed by atoms with E-state index in [1.54, 1.807) is 4.90 Å². The molecule has 4 amide bonds. The summed E-state index contributed by atoms with van der Waals surface area (Å²) in [6.45, 7) is 15.0. The number of nitrogens with zero attached hydrogens (tertiary/aromatic N) is 3. The highest BCUT2D eigenvalue weighted by atomic mass is 16.2. The zero-order chi connectivity index (χ0) is 43.8. The molecule has 4 atom stereocenters. The Balaban J connectivity index is 0.000000556. The summed E-state index contributed by atoms with van der Waals surface area (Å²) in [7, 11) is 7.52. The second-order valence-corrected chi connectivity index (χ2v) is 15.7. The SMILES string of the molecule is C=CCNC(=O)C(=O)C(CCC)NC(=O)C1CCCN1C(=O)C(NC=O)C1CCCCC1.CC.CCC.CNC(CN(C)c1c(N(C)C)c(=O)c1=O)C1CCCCC1. The first-order chi connectivity index (χ1) is 27.8. The van der Waals surface area contributed by atoms with Crippen molar-refractivity contribution in [3.05, 3.63) is 33.1 Å². The molecule has 1 aromatic rings. The summed E-state index contributed by atoms with van der Waals surface area (Å²) >= 11 is 0. The predicted octanol–water partition coefficient (Wildman–Crippen LogP) is 4.22. The highest BCUT2D eigenvalue weighted by Crippen LogP contribution is 2.30. The predicted molar refractivity (Wildman–Crippen MR) is 235 cm³/mol. The number of hydrogen-bond acceptors (Lipinski definition) is 10. The third-order valence-electron chi connectivity index (χ3n) is 11.1. The number of ketones is 1. The average Bonchev–Trinajstić information content (AvgIpc) is 3.74. The van der Waals surface area contributed by atoms with Crippen LogP contribution in [-0.2, 0) is 24.0 Å². The van der Waals surface area contributed by atoms with Gasteiger partial charge in [0.25, 0.3) is 16.8 Å². The number of likely N-dealkylation sites (tertiary alicyclic amines) is 1. The van der Waals surface area contributed by atoms with Crippen LogP contribution in [0.5, 0.6) is 0 Å². The van der Waals surface area contributed by atoms with Crippen LogP contribution in [0.3, 0.4) is 0 Å². The summed E-state index contributed by atoms with van der Waals surface area (Å²) < 4.78 is 0. The van der Waals surface area contributed by atoms with Gasteiger partial charge in [-0.15, -0.1) is 6.58 Å². The van der Waals surface area contributed by atoms with Gasteiger partial charge >= 0.3 is 0 Å². The van der Waals surface area contributed by atoms with Gasteiger partial charge in [0, 0.05) is 46.8 Å². The monoisotopic (exact) mass is 816 g/mol. The van der Waals surface area contributed by atoms with Crippen LogP contribution in [0.1, 0.15) is 131 Å². The molecule has 2 saturated carbocycles. The molecule has 0 aromatic heterocycles. The lowest BCUT2D eigenvalue weighted by Gasteiger charge is -2.35. The lowest BCUT2D eigenvalue weighted by Crippen LogP contribution is -2.57. The molecule has 14 nitrogen and oxygen atoms in total. The van der Waals surface area contributed by atoms with Crippen LogP contribution < -0.4 is 41.9 Å². The molecule has 0 spiro atoms. The molecule has 1 heterocycles. The van der Waals surface area contributed by atoms with Crippen molar-refractivity contribution in [2.24, 2.45) is 11.8 Å². The van der Waals surface area contributed by atoms with E-state index in [1.807, 2.05) is 53.9 Å². The fourth-order valence-corrected chi connectivity index (χ4v) is 8.20. The van der Waals surface area contributed by atoms with Gasteiger partial charge in [0.05, 0.1) is 6.04 Å². The van der Waals surface area contributed by atoms with Crippen molar-refractivity contribution in [1.29, 1.82) is 0 Å². The van der Waals surface area contributed by atoms with Gasteiger partial charge in [-0.05, 0) is 63.8 Å². The van der Waals surface area contributed by atoms with E-state index in [2.05, 4.69) is 41.7 Å².